The third-order valence-electron chi connectivity index (χ3n) is 12.4. The van der Waals surface area contributed by atoms with Crippen LogP contribution in [0, 0.1) is 17.8 Å². The van der Waals surface area contributed by atoms with Gasteiger partial charge in [0.25, 0.3) is 5.91 Å². The first kappa shape index (κ1) is 43.6. The summed E-state index contributed by atoms with van der Waals surface area (Å²) in [6.07, 6.45) is 4.99. The molecule has 0 radical (unpaired) electrons. The monoisotopic (exact) mass is 845 g/mol. The standard InChI is InChI=1S/C47H55N7O8/c1-28(2)39(51-46(59)61-3)44(57)54-26-10-16-38(54)42-48-27-36(50-42)31-19-17-29(18-20-31)30-21-23-33(24-22-30)49-43(56)35-14-8-13-34(35)41(55)37-15-9-25-53(37)45(58)40(52-47(60)62-4)32-11-6-5-7-12-32/h5-7,11-12,17-24,27-28,34-35,37-40H,8-10,13-16,25-26H2,1-4H3,(H,48,50)(H,49,56)(H,51,59)(H,52,60)/t34?,35-,37+,38+,39+,40-/m1/s1. The van der Waals surface area contributed by atoms with Crippen LogP contribution in [0.3, 0.4) is 0 Å². The van der Waals surface area contributed by atoms with Gasteiger partial charge in [0.15, 0.2) is 5.78 Å². The Labute approximate surface area is 361 Å². The van der Waals surface area contributed by atoms with E-state index in [9.17, 15) is 28.8 Å². The molecule has 15 heteroatoms. The number of Topliss-reactive ketones (excluding diaryl/α,β-unsaturated/α-hetero) is 1. The summed E-state index contributed by atoms with van der Waals surface area (Å²) in [6.45, 7) is 4.73. The van der Waals surface area contributed by atoms with Gasteiger partial charge >= 0.3 is 12.2 Å². The number of methoxy groups -OCH3 is 2. The third kappa shape index (κ3) is 9.51. The number of amides is 5. The van der Waals surface area contributed by atoms with Crippen LogP contribution in [-0.2, 0) is 28.7 Å². The van der Waals surface area contributed by atoms with Gasteiger partial charge in [-0.25, -0.2) is 14.6 Å². The molecule has 3 aromatic carbocycles. The van der Waals surface area contributed by atoms with Gasteiger partial charge in [-0.2, -0.15) is 0 Å². The second-order valence-corrected chi connectivity index (χ2v) is 16.6. The zero-order valence-corrected chi connectivity index (χ0v) is 35.6. The first-order valence-corrected chi connectivity index (χ1v) is 21.4. The molecule has 0 spiro atoms. The van der Waals surface area contributed by atoms with Gasteiger partial charge in [0, 0.05) is 30.6 Å². The maximum atomic E-state index is 14.1. The Bertz CT molecular complexity index is 2240. The van der Waals surface area contributed by atoms with Gasteiger partial charge in [-0.1, -0.05) is 87.0 Å². The Hall–Kier alpha value is -6.51. The van der Waals surface area contributed by atoms with E-state index in [1.807, 2.05) is 68.4 Å². The van der Waals surface area contributed by atoms with Crippen LogP contribution in [0.2, 0.25) is 0 Å². The molecule has 7 rings (SSSR count). The maximum absolute atomic E-state index is 14.1. The molecule has 15 nitrogen and oxygen atoms in total. The summed E-state index contributed by atoms with van der Waals surface area (Å²) in [4.78, 5) is 91.0. The number of nitrogens with one attached hydrogen (secondary N) is 4. The highest BCUT2D eigenvalue weighted by Crippen LogP contribution is 2.38. The molecule has 3 fully saturated rings. The van der Waals surface area contributed by atoms with Gasteiger partial charge in [-0.3, -0.25) is 19.2 Å². The van der Waals surface area contributed by atoms with Crippen molar-refractivity contribution in [1.82, 2.24) is 30.4 Å². The topological polar surface area (TPSA) is 192 Å². The van der Waals surface area contributed by atoms with E-state index in [-0.39, 0.29) is 35.5 Å². The van der Waals surface area contributed by atoms with E-state index in [2.05, 4.69) is 25.9 Å². The number of likely N-dealkylation sites (tertiary alicyclic amines) is 2. The zero-order valence-electron chi connectivity index (χ0n) is 35.6. The number of rotatable bonds is 13. The number of imidazole rings is 1. The summed E-state index contributed by atoms with van der Waals surface area (Å²) in [5, 5.41) is 8.36. The number of hydrogen-bond donors (Lipinski definition) is 4. The molecule has 3 heterocycles. The SMILES string of the molecule is COC(=O)N[C@H](C(=O)N1CCC[C@H]1c1ncc(-c2ccc(-c3ccc(NC(=O)[C@@H]4CCCC4C(=O)[C@@H]4CCCN4C(=O)[C@H](NC(=O)OC)c4ccccc4)cc3)cc2)[nH]1)C(C)C. The van der Waals surface area contributed by atoms with Crippen LogP contribution >= 0.6 is 0 Å². The molecule has 3 aliphatic rings. The minimum Gasteiger partial charge on any atom is -0.453 e. The Morgan fingerprint density at radius 1 is 0.694 bits per heavy atom. The van der Waals surface area contributed by atoms with E-state index < -0.39 is 42.1 Å². The average Bonchev–Trinajstić information content (AvgIpc) is 4.14. The lowest BCUT2D eigenvalue weighted by Gasteiger charge is -2.31. The normalized spacial score (nSPS) is 20.7. The number of aromatic amines is 1. The Morgan fingerprint density at radius 2 is 1.31 bits per heavy atom. The van der Waals surface area contributed by atoms with Crippen LogP contribution in [0.25, 0.3) is 22.4 Å². The minimum atomic E-state index is -1.01. The number of benzene rings is 3. The third-order valence-corrected chi connectivity index (χ3v) is 12.4. The molecule has 1 unspecified atom stereocenters. The number of H-pyrrole nitrogens is 1. The van der Waals surface area contributed by atoms with Crippen molar-refractivity contribution < 1.29 is 38.2 Å². The fraction of sp³-hybridized carbons (Fsp3) is 0.426. The summed E-state index contributed by atoms with van der Waals surface area (Å²) in [5.41, 5.74) is 4.89. The molecule has 2 aliphatic heterocycles. The number of hydrogen-bond acceptors (Lipinski definition) is 9. The fourth-order valence-corrected chi connectivity index (χ4v) is 9.13. The van der Waals surface area contributed by atoms with Crippen LogP contribution < -0.4 is 16.0 Å². The maximum Gasteiger partial charge on any atom is 0.407 e. The Balaban J connectivity index is 0.964. The fourth-order valence-electron chi connectivity index (χ4n) is 9.13. The molecule has 0 bridgehead atoms. The highest BCUT2D eigenvalue weighted by Gasteiger charge is 2.45. The summed E-state index contributed by atoms with van der Waals surface area (Å²) in [7, 11) is 2.51. The van der Waals surface area contributed by atoms with Crippen molar-refractivity contribution in [2.24, 2.45) is 17.8 Å². The van der Waals surface area contributed by atoms with Crippen molar-refractivity contribution in [2.75, 3.05) is 32.6 Å². The molecule has 326 valence electrons. The first-order valence-electron chi connectivity index (χ1n) is 21.4. The van der Waals surface area contributed by atoms with E-state index in [1.54, 1.807) is 40.3 Å². The summed E-state index contributed by atoms with van der Waals surface area (Å²) in [5.74, 6) is -1.34. The minimum absolute atomic E-state index is 0.107. The van der Waals surface area contributed by atoms with Crippen LogP contribution in [0.1, 0.15) is 82.3 Å². The van der Waals surface area contributed by atoms with Crippen molar-refractivity contribution in [2.45, 2.75) is 83.0 Å². The smallest absolute Gasteiger partial charge is 0.407 e. The van der Waals surface area contributed by atoms with E-state index in [0.717, 1.165) is 41.6 Å². The van der Waals surface area contributed by atoms with E-state index in [0.29, 0.717) is 55.8 Å². The second-order valence-electron chi connectivity index (χ2n) is 16.6. The average molecular weight is 846 g/mol. The molecule has 6 atom stereocenters. The van der Waals surface area contributed by atoms with Crippen molar-refractivity contribution in [3.05, 3.63) is 96.4 Å². The summed E-state index contributed by atoms with van der Waals surface area (Å²) in [6, 6.07) is 21.9. The molecular formula is C47H55N7O8. The number of alkyl carbamates (subject to hydrolysis) is 2. The summed E-state index contributed by atoms with van der Waals surface area (Å²) >= 11 is 0. The first-order chi connectivity index (χ1) is 30.0. The van der Waals surface area contributed by atoms with Gasteiger partial charge in [-0.05, 0) is 78.8 Å². The lowest BCUT2D eigenvalue weighted by atomic mass is 9.86. The van der Waals surface area contributed by atoms with E-state index >= 15 is 0 Å². The zero-order chi connectivity index (χ0) is 43.9. The largest absolute Gasteiger partial charge is 0.453 e. The molecule has 62 heavy (non-hydrogen) atoms. The molecule has 2 saturated heterocycles. The van der Waals surface area contributed by atoms with Gasteiger partial charge in [0.2, 0.25) is 11.8 Å². The Morgan fingerprint density at radius 3 is 1.98 bits per heavy atom. The van der Waals surface area contributed by atoms with Gasteiger partial charge in [-0.15, -0.1) is 0 Å². The van der Waals surface area contributed by atoms with E-state index in [4.69, 9.17) is 9.47 Å². The molecular weight excluding hydrogens is 791 g/mol. The molecule has 4 aromatic rings. The van der Waals surface area contributed by atoms with Crippen LogP contribution in [0.15, 0.2) is 85.1 Å². The molecule has 1 aromatic heterocycles. The number of aromatic nitrogens is 2. The van der Waals surface area contributed by atoms with Crippen LogP contribution in [-0.4, -0.2) is 94.9 Å². The number of anilines is 1. The van der Waals surface area contributed by atoms with E-state index in [1.165, 1.54) is 14.2 Å². The predicted octanol–water partition coefficient (Wildman–Crippen LogP) is 6.80. The van der Waals surface area contributed by atoms with Gasteiger partial charge in [0.05, 0.1) is 38.2 Å². The molecule has 1 aliphatic carbocycles. The lowest BCUT2D eigenvalue weighted by Crippen LogP contribution is -2.51. The Kier molecular flexibility index (Phi) is 13.7. The highest BCUT2D eigenvalue weighted by molar-refractivity contribution is 6.00. The quantitative estimate of drug-likeness (QED) is 0.112. The number of ketones is 1. The van der Waals surface area contributed by atoms with Gasteiger partial charge in [0.1, 0.15) is 17.9 Å². The number of carbonyl (C=O) groups is 6. The highest BCUT2D eigenvalue weighted by atomic mass is 16.5. The number of nitrogens with zero attached hydrogens (tertiary/aromatic N) is 3. The molecule has 1 saturated carbocycles. The summed E-state index contributed by atoms with van der Waals surface area (Å²) < 4.78 is 9.55. The molecule has 5 amide bonds. The van der Waals surface area contributed by atoms with Crippen LogP contribution in [0.4, 0.5) is 15.3 Å². The predicted molar refractivity (Wildman–Crippen MR) is 231 cm³/mol. The number of carbonyl (C=O) groups excluding carboxylic acids is 6. The van der Waals surface area contributed by atoms with Gasteiger partial charge < -0.3 is 40.2 Å². The number of ether oxygens (including phenoxy) is 2. The van der Waals surface area contributed by atoms with Crippen molar-refractivity contribution in [3.8, 4) is 22.4 Å². The molecule has 4 N–H and O–H groups in total. The lowest BCUT2D eigenvalue weighted by molar-refractivity contribution is -0.141. The van der Waals surface area contributed by atoms with Crippen molar-refractivity contribution in [1.29, 1.82) is 0 Å². The van der Waals surface area contributed by atoms with Crippen LogP contribution in [0.5, 0.6) is 0 Å². The van der Waals surface area contributed by atoms with Crippen molar-refractivity contribution >= 4 is 41.4 Å². The van der Waals surface area contributed by atoms with Crippen molar-refractivity contribution in [3.63, 3.8) is 0 Å². The second kappa shape index (κ2) is 19.5.